The zero-order valence-corrected chi connectivity index (χ0v) is 13.1. The van der Waals surface area contributed by atoms with Gasteiger partial charge in [0.25, 0.3) is 0 Å². The molecule has 1 N–H and O–H groups in total. The van der Waals surface area contributed by atoms with E-state index in [-0.39, 0.29) is 5.54 Å². The Kier molecular flexibility index (Phi) is 4.19. The van der Waals surface area contributed by atoms with Crippen LogP contribution >= 0.6 is 0 Å². The molecule has 0 aliphatic carbocycles. The molecule has 2 heteroatoms. The highest BCUT2D eigenvalue weighted by Crippen LogP contribution is 2.43. The third-order valence-electron chi connectivity index (χ3n) is 4.35. The van der Waals surface area contributed by atoms with Crippen molar-refractivity contribution in [1.29, 1.82) is 0 Å². The fourth-order valence-corrected chi connectivity index (χ4v) is 3.52. The molecule has 1 unspecified atom stereocenters. The number of anilines is 1. The monoisotopic (exact) mass is 260 g/mol. The van der Waals surface area contributed by atoms with Crippen LogP contribution in [0.25, 0.3) is 0 Å². The molecule has 1 aliphatic rings. The molecule has 0 saturated heterocycles. The predicted molar refractivity (Wildman–Crippen MR) is 84.0 cm³/mol. The zero-order chi connectivity index (χ0) is 14.0. The molecule has 106 valence electrons. The normalized spacial score (nSPS) is 21.3. The summed E-state index contributed by atoms with van der Waals surface area (Å²) >= 11 is 0. The van der Waals surface area contributed by atoms with E-state index in [0.717, 1.165) is 19.6 Å². The molecule has 0 spiro atoms. The van der Waals surface area contributed by atoms with Crippen molar-refractivity contribution in [3.05, 3.63) is 29.3 Å². The van der Waals surface area contributed by atoms with E-state index in [0.29, 0.717) is 5.92 Å². The number of hydrogen-bond donors (Lipinski definition) is 1. The van der Waals surface area contributed by atoms with Crippen LogP contribution in [0.15, 0.2) is 18.2 Å². The van der Waals surface area contributed by atoms with Crippen LogP contribution in [0.2, 0.25) is 0 Å². The summed E-state index contributed by atoms with van der Waals surface area (Å²) in [6.07, 6.45) is 1.23. The van der Waals surface area contributed by atoms with E-state index in [4.69, 9.17) is 0 Å². The second-order valence-corrected chi connectivity index (χ2v) is 6.34. The van der Waals surface area contributed by atoms with E-state index in [1.165, 1.54) is 23.2 Å². The topological polar surface area (TPSA) is 15.3 Å². The number of fused-ring (bicyclic) bond motifs is 1. The van der Waals surface area contributed by atoms with Crippen LogP contribution in [0.4, 0.5) is 5.69 Å². The Hall–Kier alpha value is -1.02. The van der Waals surface area contributed by atoms with Crippen LogP contribution in [0, 0.1) is 0 Å². The summed E-state index contributed by atoms with van der Waals surface area (Å²) < 4.78 is 0. The van der Waals surface area contributed by atoms with Crippen molar-refractivity contribution in [2.75, 3.05) is 18.0 Å². The molecule has 2 nitrogen and oxygen atoms in total. The molecule has 1 heterocycles. The van der Waals surface area contributed by atoms with Gasteiger partial charge in [0.15, 0.2) is 0 Å². The van der Waals surface area contributed by atoms with Gasteiger partial charge in [0.2, 0.25) is 0 Å². The molecule has 1 aliphatic heterocycles. The first-order valence-electron chi connectivity index (χ1n) is 7.60. The molecule has 2 rings (SSSR count). The van der Waals surface area contributed by atoms with Crippen molar-refractivity contribution in [1.82, 2.24) is 5.32 Å². The van der Waals surface area contributed by atoms with Gasteiger partial charge in [-0.2, -0.15) is 0 Å². The standard InChI is InChI=1S/C17H28N2/c1-6-18-12-14-8-9-16-15(10-14)13(3)11-17(4,5)19(16)7-2/h8-10,13,18H,6-7,11-12H2,1-5H3. The zero-order valence-electron chi connectivity index (χ0n) is 13.1. The quantitative estimate of drug-likeness (QED) is 0.883. The first kappa shape index (κ1) is 14.4. The summed E-state index contributed by atoms with van der Waals surface area (Å²) in [5.41, 5.74) is 4.64. The van der Waals surface area contributed by atoms with E-state index in [1.807, 2.05) is 0 Å². The average molecular weight is 260 g/mol. The van der Waals surface area contributed by atoms with Gasteiger partial charge >= 0.3 is 0 Å². The van der Waals surface area contributed by atoms with Gasteiger partial charge in [0.05, 0.1) is 0 Å². The van der Waals surface area contributed by atoms with E-state index < -0.39 is 0 Å². The number of rotatable bonds is 4. The van der Waals surface area contributed by atoms with Gasteiger partial charge in [-0.25, -0.2) is 0 Å². The third-order valence-corrected chi connectivity index (χ3v) is 4.35. The average Bonchev–Trinajstić information content (AvgIpc) is 2.36. The fourth-order valence-electron chi connectivity index (χ4n) is 3.52. The van der Waals surface area contributed by atoms with Crippen molar-refractivity contribution < 1.29 is 0 Å². The van der Waals surface area contributed by atoms with Crippen molar-refractivity contribution in [2.24, 2.45) is 0 Å². The summed E-state index contributed by atoms with van der Waals surface area (Å²) in [6, 6.07) is 7.00. The molecule has 0 bridgehead atoms. The van der Waals surface area contributed by atoms with Crippen LogP contribution in [0.5, 0.6) is 0 Å². The Labute approximate surface area is 118 Å². The summed E-state index contributed by atoms with van der Waals surface area (Å²) in [5, 5.41) is 3.41. The number of benzene rings is 1. The first-order chi connectivity index (χ1) is 8.99. The maximum absolute atomic E-state index is 3.41. The minimum absolute atomic E-state index is 0.268. The van der Waals surface area contributed by atoms with Crippen molar-refractivity contribution in [3.63, 3.8) is 0 Å². The third kappa shape index (κ3) is 2.79. The van der Waals surface area contributed by atoms with Crippen molar-refractivity contribution in [3.8, 4) is 0 Å². The Morgan fingerprint density at radius 1 is 1.32 bits per heavy atom. The SMILES string of the molecule is CCNCc1ccc2c(c1)C(C)CC(C)(C)N2CC. The van der Waals surface area contributed by atoms with Crippen LogP contribution in [0.1, 0.15) is 58.1 Å². The number of nitrogens with zero attached hydrogens (tertiary/aromatic N) is 1. The highest BCUT2D eigenvalue weighted by molar-refractivity contribution is 5.60. The molecule has 1 aromatic rings. The molecule has 0 amide bonds. The smallest absolute Gasteiger partial charge is 0.0406 e. The van der Waals surface area contributed by atoms with Crippen molar-refractivity contribution in [2.45, 2.75) is 59.0 Å². The van der Waals surface area contributed by atoms with E-state index in [9.17, 15) is 0 Å². The Morgan fingerprint density at radius 2 is 2.05 bits per heavy atom. The minimum atomic E-state index is 0.268. The lowest BCUT2D eigenvalue weighted by Gasteiger charge is -2.47. The molecule has 0 saturated carbocycles. The minimum Gasteiger partial charge on any atom is -0.366 e. The molecule has 1 atom stereocenters. The Bertz CT molecular complexity index is 437. The predicted octanol–water partition coefficient (Wildman–Crippen LogP) is 3.91. The van der Waals surface area contributed by atoms with Crippen LogP contribution in [-0.4, -0.2) is 18.6 Å². The maximum atomic E-state index is 3.41. The second kappa shape index (κ2) is 5.54. The van der Waals surface area contributed by atoms with Crippen LogP contribution in [0.3, 0.4) is 0 Å². The van der Waals surface area contributed by atoms with Gasteiger partial charge in [-0.15, -0.1) is 0 Å². The maximum Gasteiger partial charge on any atom is 0.0406 e. The highest BCUT2D eigenvalue weighted by atomic mass is 15.2. The van der Waals surface area contributed by atoms with Gasteiger partial charge in [0.1, 0.15) is 0 Å². The Balaban J connectivity index is 2.36. The van der Waals surface area contributed by atoms with Crippen LogP contribution < -0.4 is 10.2 Å². The van der Waals surface area contributed by atoms with Crippen LogP contribution in [-0.2, 0) is 6.54 Å². The van der Waals surface area contributed by atoms with Gasteiger partial charge in [-0.3, -0.25) is 0 Å². The lowest BCUT2D eigenvalue weighted by molar-refractivity contribution is 0.381. The highest BCUT2D eigenvalue weighted by Gasteiger charge is 2.35. The van der Waals surface area contributed by atoms with E-state index in [2.05, 4.69) is 63.0 Å². The molecule has 1 aromatic carbocycles. The molecular formula is C17H28N2. The molecule has 19 heavy (non-hydrogen) atoms. The summed E-state index contributed by atoms with van der Waals surface area (Å²) in [5.74, 6) is 0.648. The lowest BCUT2D eigenvalue weighted by atomic mass is 9.79. The summed E-state index contributed by atoms with van der Waals surface area (Å²) in [6.45, 7) is 14.6. The number of nitrogens with one attached hydrogen (secondary N) is 1. The van der Waals surface area contributed by atoms with Gasteiger partial charge in [-0.05, 0) is 56.8 Å². The van der Waals surface area contributed by atoms with Gasteiger partial charge in [-0.1, -0.05) is 26.0 Å². The molecule has 0 aromatic heterocycles. The molecule has 0 fully saturated rings. The fraction of sp³-hybridized carbons (Fsp3) is 0.647. The van der Waals surface area contributed by atoms with E-state index in [1.54, 1.807) is 0 Å². The second-order valence-electron chi connectivity index (χ2n) is 6.34. The largest absolute Gasteiger partial charge is 0.366 e. The Morgan fingerprint density at radius 3 is 2.68 bits per heavy atom. The van der Waals surface area contributed by atoms with Gasteiger partial charge in [0, 0.05) is 24.3 Å². The summed E-state index contributed by atoms with van der Waals surface area (Å²) in [7, 11) is 0. The molecular weight excluding hydrogens is 232 g/mol. The first-order valence-corrected chi connectivity index (χ1v) is 7.60. The number of hydrogen-bond acceptors (Lipinski definition) is 2. The lowest BCUT2D eigenvalue weighted by Crippen LogP contribution is -2.48. The van der Waals surface area contributed by atoms with Crippen molar-refractivity contribution >= 4 is 5.69 Å². The molecule has 0 radical (unpaired) electrons. The van der Waals surface area contributed by atoms with Gasteiger partial charge < -0.3 is 10.2 Å². The van der Waals surface area contributed by atoms with E-state index >= 15 is 0 Å². The summed E-state index contributed by atoms with van der Waals surface area (Å²) in [4.78, 5) is 2.55.